The second-order valence-electron chi connectivity index (χ2n) is 4.70. The summed E-state index contributed by atoms with van der Waals surface area (Å²) in [5.74, 6) is 0. The van der Waals surface area contributed by atoms with Crippen molar-refractivity contribution >= 4 is 20.8 Å². The Kier molecular flexibility index (Phi) is 5.90. The van der Waals surface area contributed by atoms with Gasteiger partial charge in [-0.2, -0.15) is 0 Å². The Labute approximate surface area is 131 Å². The van der Waals surface area contributed by atoms with Crippen LogP contribution in [0.3, 0.4) is 0 Å². The lowest BCUT2D eigenvalue weighted by molar-refractivity contribution is -0.130. The average molecular weight is 323 g/mol. The molecule has 0 amide bonds. The summed E-state index contributed by atoms with van der Waals surface area (Å²) in [4.78, 5) is 0.234. The molecule has 5 nitrogen and oxygen atoms in total. The van der Waals surface area contributed by atoms with Crippen LogP contribution in [0.5, 0.6) is 0 Å². The average Bonchev–Trinajstić information content (AvgIpc) is 2.52. The van der Waals surface area contributed by atoms with Gasteiger partial charge >= 0.3 is 0 Å². The number of fused-ring (bicyclic) bond motifs is 1. The number of hydrogen-bond acceptors (Lipinski definition) is 4. The number of rotatable bonds is 8. The highest BCUT2D eigenvalue weighted by Gasteiger charge is 2.17. The van der Waals surface area contributed by atoms with Crippen LogP contribution in [0.4, 0.5) is 0 Å². The van der Waals surface area contributed by atoms with E-state index >= 15 is 0 Å². The molecule has 6 heteroatoms. The van der Waals surface area contributed by atoms with Gasteiger partial charge in [0.15, 0.2) is 6.29 Å². The molecular formula is C16H21NO4S. The van der Waals surface area contributed by atoms with Crippen molar-refractivity contribution in [2.45, 2.75) is 25.0 Å². The number of hydrogen-bond donors (Lipinski definition) is 1. The van der Waals surface area contributed by atoms with Gasteiger partial charge in [0, 0.05) is 13.2 Å². The van der Waals surface area contributed by atoms with Gasteiger partial charge in [-0.25, -0.2) is 13.1 Å². The highest BCUT2D eigenvalue weighted by Crippen LogP contribution is 2.18. The molecule has 0 saturated carbocycles. The Bertz CT molecular complexity index is 709. The highest BCUT2D eigenvalue weighted by atomic mass is 32.2. The van der Waals surface area contributed by atoms with Gasteiger partial charge in [0.2, 0.25) is 10.0 Å². The maximum atomic E-state index is 12.4. The van der Waals surface area contributed by atoms with Gasteiger partial charge in [-0.15, -0.1) is 0 Å². The topological polar surface area (TPSA) is 64.6 Å². The number of ether oxygens (including phenoxy) is 2. The molecule has 0 heterocycles. The quantitative estimate of drug-likeness (QED) is 0.758. The van der Waals surface area contributed by atoms with Crippen LogP contribution in [-0.2, 0) is 19.5 Å². The van der Waals surface area contributed by atoms with Crippen LogP contribution in [0.15, 0.2) is 47.4 Å². The fourth-order valence-electron chi connectivity index (χ4n) is 2.13. The molecule has 0 bridgehead atoms. The highest BCUT2D eigenvalue weighted by molar-refractivity contribution is 7.89. The van der Waals surface area contributed by atoms with Crippen LogP contribution in [0.2, 0.25) is 0 Å². The standard InChI is InChI=1S/C16H21NO4S/c1-3-20-16(21-4-2)12-17-22(18,19)15-10-9-13-7-5-6-8-14(13)11-15/h5-11,16-17H,3-4,12H2,1-2H3. The van der Waals surface area contributed by atoms with Crippen molar-refractivity contribution in [3.63, 3.8) is 0 Å². The number of sulfonamides is 1. The van der Waals surface area contributed by atoms with Crippen LogP contribution in [-0.4, -0.2) is 34.5 Å². The minimum Gasteiger partial charge on any atom is -0.352 e. The monoisotopic (exact) mass is 323 g/mol. The summed E-state index contributed by atoms with van der Waals surface area (Å²) < 4.78 is 37.9. The van der Waals surface area contributed by atoms with Crippen molar-refractivity contribution in [2.24, 2.45) is 0 Å². The van der Waals surface area contributed by atoms with E-state index in [9.17, 15) is 8.42 Å². The normalized spacial score (nSPS) is 12.1. The van der Waals surface area contributed by atoms with Crippen LogP contribution >= 0.6 is 0 Å². The lowest BCUT2D eigenvalue weighted by Gasteiger charge is -2.17. The molecule has 0 aromatic heterocycles. The fourth-order valence-corrected chi connectivity index (χ4v) is 3.18. The van der Waals surface area contributed by atoms with Gasteiger partial charge in [0.25, 0.3) is 0 Å². The fraction of sp³-hybridized carbons (Fsp3) is 0.375. The molecule has 22 heavy (non-hydrogen) atoms. The van der Waals surface area contributed by atoms with Gasteiger partial charge in [-0.1, -0.05) is 30.3 Å². The molecule has 2 aromatic rings. The molecule has 0 saturated heterocycles. The maximum absolute atomic E-state index is 12.4. The van der Waals surface area contributed by atoms with E-state index in [4.69, 9.17) is 9.47 Å². The SMILES string of the molecule is CCOC(CNS(=O)(=O)c1ccc2ccccc2c1)OCC. The summed E-state index contributed by atoms with van der Waals surface area (Å²) in [5, 5.41) is 1.89. The van der Waals surface area contributed by atoms with Gasteiger partial charge in [-0.05, 0) is 36.8 Å². The third kappa shape index (κ3) is 4.27. The van der Waals surface area contributed by atoms with Crippen molar-refractivity contribution in [1.82, 2.24) is 4.72 Å². The molecule has 2 aromatic carbocycles. The molecule has 0 aliphatic rings. The van der Waals surface area contributed by atoms with Crippen LogP contribution in [0, 0.1) is 0 Å². The molecule has 0 spiro atoms. The Morgan fingerprint density at radius 2 is 1.64 bits per heavy atom. The number of benzene rings is 2. The summed E-state index contributed by atoms with van der Waals surface area (Å²) in [5.41, 5.74) is 0. The third-order valence-corrected chi connectivity index (χ3v) is 4.60. The second-order valence-corrected chi connectivity index (χ2v) is 6.47. The molecule has 0 fully saturated rings. The van der Waals surface area contributed by atoms with Crippen molar-refractivity contribution in [3.8, 4) is 0 Å². The predicted octanol–water partition coefficient (Wildman–Crippen LogP) is 2.52. The maximum Gasteiger partial charge on any atom is 0.240 e. The largest absolute Gasteiger partial charge is 0.352 e. The molecule has 0 atom stereocenters. The first-order valence-electron chi connectivity index (χ1n) is 7.28. The molecule has 0 radical (unpaired) electrons. The van der Waals surface area contributed by atoms with E-state index in [1.807, 2.05) is 38.1 Å². The molecular weight excluding hydrogens is 302 g/mol. The van der Waals surface area contributed by atoms with Crippen molar-refractivity contribution in [1.29, 1.82) is 0 Å². The predicted molar refractivity (Wildman–Crippen MR) is 86.2 cm³/mol. The first kappa shape index (κ1) is 16.9. The van der Waals surface area contributed by atoms with Crippen LogP contribution < -0.4 is 4.72 Å². The summed E-state index contributed by atoms with van der Waals surface area (Å²) in [7, 11) is -3.59. The van der Waals surface area contributed by atoms with Crippen molar-refractivity contribution in [2.75, 3.05) is 19.8 Å². The lowest BCUT2D eigenvalue weighted by atomic mass is 10.1. The minimum absolute atomic E-state index is 0.0802. The van der Waals surface area contributed by atoms with Crippen LogP contribution in [0.1, 0.15) is 13.8 Å². The van der Waals surface area contributed by atoms with E-state index in [1.165, 1.54) is 0 Å². The molecule has 0 unspecified atom stereocenters. The first-order valence-corrected chi connectivity index (χ1v) is 8.76. The molecule has 120 valence electrons. The zero-order valence-electron chi connectivity index (χ0n) is 12.8. The Balaban J connectivity index is 2.14. The summed E-state index contributed by atoms with van der Waals surface area (Å²) in [6, 6.07) is 12.7. The first-order chi connectivity index (χ1) is 10.6. The van der Waals surface area contributed by atoms with E-state index in [-0.39, 0.29) is 11.4 Å². The summed E-state index contributed by atoms with van der Waals surface area (Å²) in [6.45, 7) is 4.68. The van der Waals surface area contributed by atoms with Gasteiger partial charge in [0.1, 0.15) is 0 Å². The van der Waals surface area contributed by atoms with Crippen molar-refractivity contribution in [3.05, 3.63) is 42.5 Å². The van der Waals surface area contributed by atoms with Gasteiger partial charge in [-0.3, -0.25) is 0 Å². The van der Waals surface area contributed by atoms with E-state index < -0.39 is 16.3 Å². The van der Waals surface area contributed by atoms with E-state index in [0.717, 1.165) is 10.8 Å². The summed E-state index contributed by atoms with van der Waals surface area (Å²) >= 11 is 0. The third-order valence-electron chi connectivity index (χ3n) is 3.18. The molecule has 0 aliphatic heterocycles. The number of nitrogens with one attached hydrogen (secondary N) is 1. The molecule has 0 aliphatic carbocycles. The molecule has 1 N–H and O–H groups in total. The second kappa shape index (κ2) is 7.69. The Morgan fingerprint density at radius 1 is 1.00 bits per heavy atom. The minimum atomic E-state index is -3.59. The Hall–Kier alpha value is -1.47. The Morgan fingerprint density at radius 3 is 2.27 bits per heavy atom. The summed E-state index contributed by atoms with van der Waals surface area (Å²) in [6.07, 6.45) is -0.578. The van der Waals surface area contributed by atoms with E-state index in [1.54, 1.807) is 18.2 Å². The van der Waals surface area contributed by atoms with Gasteiger partial charge < -0.3 is 9.47 Å². The zero-order chi connectivity index (χ0) is 16.0. The van der Waals surface area contributed by atoms with Crippen molar-refractivity contribution < 1.29 is 17.9 Å². The van der Waals surface area contributed by atoms with E-state index in [0.29, 0.717) is 13.2 Å². The van der Waals surface area contributed by atoms with Crippen LogP contribution in [0.25, 0.3) is 10.8 Å². The smallest absolute Gasteiger partial charge is 0.240 e. The molecule has 2 rings (SSSR count). The lowest BCUT2D eigenvalue weighted by Crippen LogP contribution is -2.35. The zero-order valence-corrected chi connectivity index (χ0v) is 13.6. The van der Waals surface area contributed by atoms with E-state index in [2.05, 4.69) is 4.72 Å². The van der Waals surface area contributed by atoms with Gasteiger partial charge in [0.05, 0.1) is 11.4 Å².